The van der Waals surface area contributed by atoms with Crippen LogP contribution in [0.15, 0.2) is 30.6 Å². The van der Waals surface area contributed by atoms with Crippen LogP contribution in [0.1, 0.15) is 0 Å². The Morgan fingerprint density at radius 2 is 1.44 bits per heavy atom. The summed E-state index contributed by atoms with van der Waals surface area (Å²) in [5.74, 6) is 0. The van der Waals surface area contributed by atoms with Crippen LogP contribution < -0.4 is 4.57 Å². The molecule has 0 saturated heterocycles. The molecule has 0 radical (unpaired) electrons. The molecule has 0 N–H and O–H groups in total. The van der Waals surface area contributed by atoms with Gasteiger partial charge in [0.05, 0.1) is 26.4 Å². The Hall–Kier alpha value is -0.970. The highest BCUT2D eigenvalue weighted by atomic mass is 16.5. The third kappa shape index (κ3) is 6.50. The third-order valence-electron chi connectivity index (χ3n) is 2.07. The van der Waals surface area contributed by atoms with Gasteiger partial charge in [0.1, 0.15) is 6.61 Å². The maximum Gasteiger partial charge on any atom is 0.171 e. The Morgan fingerprint density at radius 3 is 2.12 bits per heavy atom. The number of rotatable bonds is 9. The predicted molar refractivity (Wildman–Crippen MR) is 60.2 cm³/mol. The van der Waals surface area contributed by atoms with Crippen molar-refractivity contribution in [2.75, 3.05) is 40.1 Å². The zero-order valence-corrected chi connectivity index (χ0v) is 9.80. The Bertz CT molecular complexity index is 254. The summed E-state index contributed by atoms with van der Waals surface area (Å²) in [6.45, 7) is 4.12. The zero-order valence-electron chi connectivity index (χ0n) is 9.80. The fourth-order valence-corrected chi connectivity index (χ4v) is 1.22. The van der Waals surface area contributed by atoms with Crippen LogP contribution in [0.4, 0.5) is 0 Å². The van der Waals surface area contributed by atoms with E-state index in [0.29, 0.717) is 33.0 Å². The van der Waals surface area contributed by atoms with Gasteiger partial charge in [0.25, 0.3) is 0 Å². The highest BCUT2D eigenvalue weighted by molar-refractivity contribution is 4.83. The number of nitrogens with zero attached hydrogens (tertiary/aromatic N) is 1. The normalized spacial score (nSPS) is 10.6. The van der Waals surface area contributed by atoms with Crippen LogP contribution in [0.25, 0.3) is 0 Å². The number of methoxy groups -OCH3 is 1. The molecule has 0 atom stereocenters. The quantitative estimate of drug-likeness (QED) is 0.458. The van der Waals surface area contributed by atoms with E-state index in [2.05, 4.69) is 4.57 Å². The number of ether oxygens (including phenoxy) is 3. The lowest BCUT2D eigenvalue weighted by molar-refractivity contribution is -0.698. The lowest BCUT2D eigenvalue weighted by Gasteiger charge is -2.03. The maximum absolute atomic E-state index is 5.43. The first kappa shape index (κ1) is 13.1. The summed E-state index contributed by atoms with van der Waals surface area (Å²) in [7, 11) is 1.66. The molecule has 0 aliphatic carbocycles. The van der Waals surface area contributed by atoms with E-state index in [1.165, 1.54) is 0 Å². The molecular weight excluding hydrogens is 206 g/mol. The molecule has 1 rings (SSSR count). The number of hydrogen-bond donors (Lipinski definition) is 0. The van der Waals surface area contributed by atoms with E-state index in [1.807, 2.05) is 30.6 Å². The van der Waals surface area contributed by atoms with E-state index in [0.717, 1.165) is 6.54 Å². The van der Waals surface area contributed by atoms with Crippen molar-refractivity contribution in [2.24, 2.45) is 0 Å². The molecule has 1 aromatic rings. The van der Waals surface area contributed by atoms with Gasteiger partial charge in [0.15, 0.2) is 18.9 Å². The van der Waals surface area contributed by atoms with E-state index in [4.69, 9.17) is 14.2 Å². The third-order valence-corrected chi connectivity index (χ3v) is 2.07. The second kappa shape index (κ2) is 9.27. The average molecular weight is 226 g/mol. The molecule has 0 aromatic carbocycles. The van der Waals surface area contributed by atoms with Crippen molar-refractivity contribution in [2.45, 2.75) is 6.54 Å². The summed E-state index contributed by atoms with van der Waals surface area (Å²) in [6, 6.07) is 6.02. The predicted octanol–water partition coefficient (Wildman–Crippen LogP) is 0.654. The van der Waals surface area contributed by atoms with E-state index < -0.39 is 0 Å². The Balaban J connectivity index is 1.89. The average Bonchev–Trinajstić information content (AvgIpc) is 2.34. The standard InChI is InChI=1S/C12H20NO3/c1-14-9-10-16-12-11-15-8-7-13-5-3-2-4-6-13/h2-6H,7-12H2,1H3/q+1. The molecule has 4 nitrogen and oxygen atoms in total. The lowest BCUT2D eigenvalue weighted by atomic mass is 10.5. The SMILES string of the molecule is COCCOCCOCC[n+]1ccccc1. The second-order valence-corrected chi connectivity index (χ2v) is 3.33. The van der Waals surface area contributed by atoms with Crippen LogP contribution in [0.3, 0.4) is 0 Å². The van der Waals surface area contributed by atoms with Crippen LogP contribution in [-0.4, -0.2) is 40.1 Å². The summed E-state index contributed by atoms with van der Waals surface area (Å²) in [5.41, 5.74) is 0. The minimum atomic E-state index is 0.628. The first-order valence-electron chi connectivity index (χ1n) is 5.52. The number of hydrogen-bond acceptors (Lipinski definition) is 3. The van der Waals surface area contributed by atoms with Crippen molar-refractivity contribution in [3.05, 3.63) is 30.6 Å². The number of pyridine rings is 1. The van der Waals surface area contributed by atoms with Gasteiger partial charge in [0, 0.05) is 19.2 Å². The van der Waals surface area contributed by atoms with Crippen LogP contribution in [0.5, 0.6) is 0 Å². The number of aromatic nitrogens is 1. The van der Waals surface area contributed by atoms with E-state index in [9.17, 15) is 0 Å². The van der Waals surface area contributed by atoms with Gasteiger partial charge in [-0.05, 0) is 0 Å². The van der Waals surface area contributed by atoms with E-state index in [-0.39, 0.29) is 0 Å². The van der Waals surface area contributed by atoms with Crippen LogP contribution >= 0.6 is 0 Å². The highest BCUT2D eigenvalue weighted by Gasteiger charge is 1.97. The first-order chi connectivity index (χ1) is 7.93. The monoisotopic (exact) mass is 226 g/mol. The molecule has 1 aromatic heterocycles. The summed E-state index contributed by atoms with van der Waals surface area (Å²) < 4.78 is 17.6. The summed E-state index contributed by atoms with van der Waals surface area (Å²) in [4.78, 5) is 0. The fraction of sp³-hybridized carbons (Fsp3) is 0.583. The summed E-state index contributed by atoms with van der Waals surface area (Å²) >= 11 is 0. The molecule has 0 aliphatic heterocycles. The molecule has 0 unspecified atom stereocenters. The Kier molecular flexibility index (Phi) is 7.59. The summed E-state index contributed by atoms with van der Waals surface area (Å²) in [6.07, 6.45) is 4.05. The molecule has 0 fully saturated rings. The van der Waals surface area contributed by atoms with Crippen molar-refractivity contribution < 1.29 is 18.8 Å². The van der Waals surface area contributed by atoms with E-state index >= 15 is 0 Å². The van der Waals surface area contributed by atoms with Crippen LogP contribution in [0.2, 0.25) is 0 Å². The molecule has 0 bridgehead atoms. The van der Waals surface area contributed by atoms with Crippen LogP contribution in [-0.2, 0) is 20.8 Å². The van der Waals surface area contributed by atoms with Gasteiger partial charge >= 0.3 is 0 Å². The van der Waals surface area contributed by atoms with Gasteiger partial charge in [0.2, 0.25) is 0 Å². The smallest absolute Gasteiger partial charge is 0.171 e. The Morgan fingerprint density at radius 1 is 0.812 bits per heavy atom. The van der Waals surface area contributed by atoms with Gasteiger partial charge in [-0.2, -0.15) is 0 Å². The molecule has 0 spiro atoms. The van der Waals surface area contributed by atoms with Crippen molar-refractivity contribution in [1.29, 1.82) is 0 Å². The first-order valence-corrected chi connectivity index (χ1v) is 5.52. The summed E-state index contributed by atoms with van der Waals surface area (Å²) in [5, 5.41) is 0. The largest absolute Gasteiger partial charge is 0.382 e. The molecule has 90 valence electrons. The van der Waals surface area contributed by atoms with Gasteiger partial charge < -0.3 is 14.2 Å². The van der Waals surface area contributed by atoms with Crippen molar-refractivity contribution in [1.82, 2.24) is 0 Å². The minimum absolute atomic E-state index is 0.628. The van der Waals surface area contributed by atoms with E-state index in [1.54, 1.807) is 7.11 Å². The Labute approximate surface area is 96.8 Å². The highest BCUT2D eigenvalue weighted by Crippen LogP contribution is 1.81. The molecule has 16 heavy (non-hydrogen) atoms. The van der Waals surface area contributed by atoms with Crippen molar-refractivity contribution in [3.63, 3.8) is 0 Å². The topological polar surface area (TPSA) is 31.6 Å². The van der Waals surface area contributed by atoms with Gasteiger partial charge in [-0.15, -0.1) is 0 Å². The van der Waals surface area contributed by atoms with Gasteiger partial charge in [-0.1, -0.05) is 6.07 Å². The van der Waals surface area contributed by atoms with Crippen molar-refractivity contribution in [3.8, 4) is 0 Å². The minimum Gasteiger partial charge on any atom is -0.382 e. The fourth-order valence-electron chi connectivity index (χ4n) is 1.22. The molecule has 1 heterocycles. The zero-order chi connectivity index (χ0) is 11.5. The maximum atomic E-state index is 5.43. The molecular formula is C12H20NO3+. The molecule has 0 saturated carbocycles. The lowest BCUT2D eigenvalue weighted by Crippen LogP contribution is -2.34. The molecule has 0 aliphatic rings. The second-order valence-electron chi connectivity index (χ2n) is 3.33. The van der Waals surface area contributed by atoms with Gasteiger partial charge in [-0.25, -0.2) is 4.57 Å². The molecule has 0 amide bonds. The van der Waals surface area contributed by atoms with Crippen LogP contribution in [0, 0.1) is 0 Å². The molecule has 4 heteroatoms. The van der Waals surface area contributed by atoms with Gasteiger partial charge in [-0.3, -0.25) is 0 Å². The van der Waals surface area contributed by atoms with Crippen molar-refractivity contribution >= 4 is 0 Å².